The Labute approximate surface area is 82.8 Å². The third kappa shape index (κ3) is 1.84. The molecule has 2 N–H and O–H groups in total. The Morgan fingerprint density at radius 2 is 2.07 bits per heavy atom. The van der Waals surface area contributed by atoms with Crippen LogP contribution in [-0.2, 0) is 0 Å². The maximum Gasteiger partial charge on any atom is 0.150 e. The Hall–Kier alpha value is -1.19. The maximum atomic E-state index is 10.4. The number of aliphatic hydroxyl groups is 1. The highest BCUT2D eigenvalue weighted by Gasteiger charge is 2.22. The van der Waals surface area contributed by atoms with E-state index in [-0.39, 0.29) is 12.1 Å². The average molecular weight is 191 g/mol. The lowest BCUT2D eigenvalue weighted by atomic mass is 10.0. The van der Waals surface area contributed by atoms with E-state index in [9.17, 15) is 9.90 Å². The summed E-state index contributed by atoms with van der Waals surface area (Å²) >= 11 is 0. The second-order valence-electron chi connectivity index (χ2n) is 3.63. The minimum absolute atomic E-state index is 0.228. The fourth-order valence-electron chi connectivity index (χ4n) is 1.78. The van der Waals surface area contributed by atoms with Gasteiger partial charge in [0.05, 0.1) is 6.10 Å². The molecule has 1 fully saturated rings. The largest absolute Gasteiger partial charge is 0.392 e. The van der Waals surface area contributed by atoms with Crippen molar-refractivity contribution in [3.8, 4) is 0 Å². The Kier molecular flexibility index (Phi) is 2.61. The molecule has 2 rings (SSSR count). The summed E-state index contributed by atoms with van der Waals surface area (Å²) in [6.45, 7) is 0.653. The summed E-state index contributed by atoms with van der Waals surface area (Å²) in [5.41, 5.74) is 1.82. The zero-order valence-corrected chi connectivity index (χ0v) is 7.81. The molecule has 0 aromatic heterocycles. The second kappa shape index (κ2) is 3.90. The Morgan fingerprint density at radius 1 is 1.36 bits per heavy atom. The van der Waals surface area contributed by atoms with E-state index in [0.717, 1.165) is 18.3 Å². The van der Waals surface area contributed by atoms with Crippen molar-refractivity contribution in [3.05, 3.63) is 35.4 Å². The Balaban J connectivity index is 2.13. The van der Waals surface area contributed by atoms with E-state index in [1.54, 1.807) is 12.1 Å². The third-order valence-electron chi connectivity index (χ3n) is 2.58. The quantitative estimate of drug-likeness (QED) is 0.683. The number of aldehydes is 1. The first-order valence-electron chi connectivity index (χ1n) is 4.76. The zero-order valence-electron chi connectivity index (χ0n) is 7.81. The van der Waals surface area contributed by atoms with Crippen LogP contribution in [0, 0.1) is 0 Å². The molecule has 1 aromatic carbocycles. The predicted molar refractivity (Wildman–Crippen MR) is 53.2 cm³/mol. The normalized spacial score (nSPS) is 26.4. The molecule has 0 bridgehead atoms. The van der Waals surface area contributed by atoms with Crippen LogP contribution in [0.25, 0.3) is 0 Å². The van der Waals surface area contributed by atoms with Crippen molar-refractivity contribution in [2.24, 2.45) is 0 Å². The lowest BCUT2D eigenvalue weighted by Gasteiger charge is -2.09. The van der Waals surface area contributed by atoms with Crippen LogP contribution in [0.4, 0.5) is 0 Å². The Morgan fingerprint density at radius 3 is 2.57 bits per heavy atom. The van der Waals surface area contributed by atoms with Crippen molar-refractivity contribution >= 4 is 6.29 Å². The number of nitrogens with one attached hydrogen (secondary N) is 1. The van der Waals surface area contributed by atoms with Crippen molar-refractivity contribution < 1.29 is 9.90 Å². The summed E-state index contributed by atoms with van der Waals surface area (Å²) in [5.74, 6) is 0. The standard InChI is InChI=1S/C11H13NO2/c13-7-8-1-3-9(4-2-8)11-5-10(14)6-12-11/h1-4,7,10-12,14H,5-6H2/t10-,11-/m1/s1. The second-order valence-corrected chi connectivity index (χ2v) is 3.63. The molecule has 3 nitrogen and oxygen atoms in total. The maximum absolute atomic E-state index is 10.4. The molecule has 3 heteroatoms. The summed E-state index contributed by atoms with van der Waals surface area (Å²) in [7, 11) is 0. The van der Waals surface area contributed by atoms with Gasteiger partial charge in [0.15, 0.2) is 0 Å². The van der Waals surface area contributed by atoms with Gasteiger partial charge in [0, 0.05) is 18.2 Å². The topological polar surface area (TPSA) is 49.3 Å². The molecule has 1 saturated heterocycles. The van der Waals surface area contributed by atoms with E-state index in [1.165, 1.54) is 0 Å². The highest BCUT2D eigenvalue weighted by atomic mass is 16.3. The monoisotopic (exact) mass is 191 g/mol. The van der Waals surface area contributed by atoms with Crippen LogP contribution < -0.4 is 5.32 Å². The number of carbonyl (C=O) groups excluding carboxylic acids is 1. The molecule has 1 aliphatic rings. The first-order chi connectivity index (χ1) is 6.79. The molecular weight excluding hydrogens is 178 g/mol. The lowest BCUT2D eigenvalue weighted by molar-refractivity contribution is 0.112. The molecule has 0 spiro atoms. The van der Waals surface area contributed by atoms with Crippen LogP contribution in [0.15, 0.2) is 24.3 Å². The molecule has 0 amide bonds. The number of rotatable bonds is 2. The molecule has 0 unspecified atom stereocenters. The summed E-state index contributed by atoms with van der Waals surface area (Å²) in [5, 5.41) is 12.6. The van der Waals surface area contributed by atoms with Gasteiger partial charge in [0.2, 0.25) is 0 Å². The van der Waals surface area contributed by atoms with Gasteiger partial charge in [-0.3, -0.25) is 4.79 Å². The van der Waals surface area contributed by atoms with E-state index < -0.39 is 0 Å². The molecule has 14 heavy (non-hydrogen) atoms. The molecular formula is C11H13NO2. The minimum atomic E-state index is -0.245. The third-order valence-corrected chi connectivity index (χ3v) is 2.58. The van der Waals surface area contributed by atoms with Crippen LogP contribution in [0.1, 0.15) is 28.4 Å². The van der Waals surface area contributed by atoms with E-state index in [0.29, 0.717) is 12.1 Å². The highest BCUT2D eigenvalue weighted by Crippen LogP contribution is 2.23. The number of benzene rings is 1. The molecule has 74 valence electrons. The van der Waals surface area contributed by atoms with E-state index in [2.05, 4.69) is 5.32 Å². The fraction of sp³-hybridized carbons (Fsp3) is 0.364. The van der Waals surface area contributed by atoms with Crippen LogP contribution in [0.2, 0.25) is 0 Å². The van der Waals surface area contributed by atoms with Gasteiger partial charge in [-0.05, 0) is 12.0 Å². The van der Waals surface area contributed by atoms with Gasteiger partial charge in [-0.2, -0.15) is 0 Å². The van der Waals surface area contributed by atoms with Crippen molar-refractivity contribution in [2.75, 3.05) is 6.54 Å². The van der Waals surface area contributed by atoms with E-state index in [4.69, 9.17) is 0 Å². The molecule has 1 aliphatic heterocycles. The van der Waals surface area contributed by atoms with Gasteiger partial charge >= 0.3 is 0 Å². The minimum Gasteiger partial charge on any atom is -0.392 e. The molecule has 0 saturated carbocycles. The summed E-state index contributed by atoms with van der Waals surface area (Å²) < 4.78 is 0. The van der Waals surface area contributed by atoms with Gasteiger partial charge in [0.25, 0.3) is 0 Å². The van der Waals surface area contributed by atoms with E-state index in [1.807, 2.05) is 12.1 Å². The number of hydrogen-bond acceptors (Lipinski definition) is 3. The van der Waals surface area contributed by atoms with Gasteiger partial charge in [0.1, 0.15) is 6.29 Å². The summed E-state index contributed by atoms with van der Waals surface area (Å²) in [6.07, 6.45) is 1.34. The number of β-amino-alcohol motifs (C(OH)–C–C–N with tert-alkyl or cyclic N) is 1. The molecule has 1 aromatic rings. The van der Waals surface area contributed by atoms with Crippen molar-refractivity contribution in [1.82, 2.24) is 5.32 Å². The summed E-state index contributed by atoms with van der Waals surface area (Å²) in [4.78, 5) is 10.4. The number of carbonyl (C=O) groups is 1. The predicted octanol–water partition coefficient (Wildman–Crippen LogP) is 0.894. The van der Waals surface area contributed by atoms with Gasteiger partial charge in [-0.15, -0.1) is 0 Å². The van der Waals surface area contributed by atoms with E-state index >= 15 is 0 Å². The highest BCUT2D eigenvalue weighted by molar-refractivity contribution is 5.74. The van der Waals surface area contributed by atoms with Crippen LogP contribution in [-0.4, -0.2) is 24.0 Å². The number of aliphatic hydroxyl groups excluding tert-OH is 1. The lowest BCUT2D eigenvalue weighted by Crippen LogP contribution is -2.14. The Bertz CT molecular complexity index is 321. The van der Waals surface area contributed by atoms with Gasteiger partial charge in [-0.1, -0.05) is 24.3 Å². The molecule has 1 heterocycles. The number of hydrogen-bond donors (Lipinski definition) is 2. The smallest absolute Gasteiger partial charge is 0.150 e. The van der Waals surface area contributed by atoms with Crippen molar-refractivity contribution in [2.45, 2.75) is 18.6 Å². The summed E-state index contributed by atoms with van der Waals surface area (Å²) in [6, 6.07) is 7.69. The van der Waals surface area contributed by atoms with Crippen molar-refractivity contribution in [3.63, 3.8) is 0 Å². The zero-order chi connectivity index (χ0) is 9.97. The van der Waals surface area contributed by atoms with Gasteiger partial charge in [-0.25, -0.2) is 0 Å². The van der Waals surface area contributed by atoms with Crippen molar-refractivity contribution in [1.29, 1.82) is 0 Å². The van der Waals surface area contributed by atoms with Crippen LogP contribution in [0.5, 0.6) is 0 Å². The first-order valence-corrected chi connectivity index (χ1v) is 4.76. The van der Waals surface area contributed by atoms with Crippen LogP contribution in [0.3, 0.4) is 0 Å². The average Bonchev–Trinajstić information content (AvgIpc) is 2.65. The molecule has 0 radical (unpaired) electrons. The van der Waals surface area contributed by atoms with Gasteiger partial charge < -0.3 is 10.4 Å². The molecule has 2 atom stereocenters. The fourth-order valence-corrected chi connectivity index (χ4v) is 1.78. The first kappa shape index (κ1) is 9.37. The molecule has 0 aliphatic carbocycles. The van der Waals surface area contributed by atoms with Crippen LogP contribution >= 0.6 is 0 Å². The SMILES string of the molecule is O=Cc1ccc([C@H]2C[C@@H](O)CN2)cc1.